The zero-order chi connectivity index (χ0) is 17.8. The molecular formula is C16H23N5O4. The van der Waals surface area contributed by atoms with Gasteiger partial charge in [-0.15, -0.1) is 0 Å². The van der Waals surface area contributed by atoms with E-state index < -0.39 is 6.04 Å². The number of nitrogens with zero attached hydrogens (tertiary/aromatic N) is 3. The third kappa shape index (κ3) is 4.36. The lowest BCUT2D eigenvalue weighted by atomic mass is 10.2. The van der Waals surface area contributed by atoms with E-state index >= 15 is 0 Å². The first-order chi connectivity index (χ1) is 12.0. The van der Waals surface area contributed by atoms with Gasteiger partial charge in [0.1, 0.15) is 11.8 Å². The van der Waals surface area contributed by atoms with Crippen LogP contribution in [-0.4, -0.2) is 78.0 Å². The van der Waals surface area contributed by atoms with Crippen LogP contribution in [-0.2, 0) is 9.59 Å². The number of hydrogen-bond donors (Lipinski definition) is 2. The second kappa shape index (κ2) is 7.64. The molecule has 2 N–H and O–H groups in total. The number of rotatable bonds is 5. The second-order valence-corrected chi connectivity index (χ2v) is 6.41. The van der Waals surface area contributed by atoms with Gasteiger partial charge in [0.15, 0.2) is 5.69 Å². The van der Waals surface area contributed by atoms with Gasteiger partial charge in [0.25, 0.3) is 5.91 Å². The zero-order valence-corrected chi connectivity index (χ0v) is 14.3. The van der Waals surface area contributed by atoms with E-state index in [1.807, 2.05) is 0 Å². The van der Waals surface area contributed by atoms with Gasteiger partial charge in [0.05, 0.1) is 0 Å². The molecule has 0 aromatic carbocycles. The van der Waals surface area contributed by atoms with Crippen molar-refractivity contribution in [2.75, 3.05) is 39.3 Å². The van der Waals surface area contributed by atoms with E-state index in [2.05, 4.69) is 20.7 Å². The first-order valence-corrected chi connectivity index (χ1v) is 8.55. The van der Waals surface area contributed by atoms with Crippen molar-refractivity contribution in [1.82, 2.24) is 25.6 Å². The molecule has 0 saturated carbocycles. The first-order valence-electron chi connectivity index (χ1n) is 8.55. The highest BCUT2D eigenvalue weighted by Gasteiger charge is 2.27. The Hall–Kier alpha value is -2.42. The minimum atomic E-state index is -0.395. The SMILES string of the molecule is Cc1cc(C(=O)N2CCN(CCNC(=O)C3CCC(=O)N3)CC2)no1. The normalized spacial score (nSPS) is 21.2. The summed E-state index contributed by atoms with van der Waals surface area (Å²) in [7, 11) is 0. The standard InChI is InChI=1S/C16H23N5O4/c1-11-10-13(19-25-11)16(24)21-8-6-20(7-9-21)5-4-17-15(23)12-2-3-14(22)18-12/h10,12H,2-9H2,1H3,(H,17,23)(H,18,22). The minimum absolute atomic E-state index is 0.0664. The van der Waals surface area contributed by atoms with E-state index in [-0.39, 0.29) is 17.7 Å². The first kappa shape index (κ1) is 17.4. The fraction of sp³-hybridized carbons (Fsp3) is 0.625. The lowest BCUT2D eigenvalue weighted by Crippen LogP contribution is -2.51. The summed E-state index contributed by atoms with van der Waals surface area (Å²) in [5.41, 5.74) is 0.344. The van der Waals surface area contributed by atoms with Crippen molar-refractivity contribution in [3.63, 3.8) is 0 Å². The Bertz CT molecular complexity index is 651. The summed E-state index contributed by atoms with van der Waals surface area (Å²) in [6.07, 6.45) is 0.978. The summed E-state index contributed by atoms with van der Waals surface area (Å²) >= 11 is 0. The highest BCUT2D eigenvalue weighted by molar-refractivity contribution is 5.92. The second-order valence-electron chi connectivity index (χ2n) is 6.41. The van der Waals surface area contributed by atoms with Gasteiger partial charge in [-0.2, -0.15) is 0 Å². The van der Waals surface area contributed by atoms with Gasteiger partial charge >= 0.3 is 0 Å². The van der Waals surface area contributed by atoms with Crippen molar-refractivity contribution in [2.45, 2.75) is 25.8 Å². The van der Waals surface area contributed by atoms with Gasteiger partial charge in [0.2, 0.25) is 11.8 Å². The maximum atomic E-state index is 12.3. The summed E-state index contributed by atoms with van der Waals surface area (Å²) in [5, 5.41) is 9.28. The van der Waals surface area contributed by atoms with Gasteiger partial charge in [0, 0.05) is 51.8 Å². The topological polar surface area (TPSA) is 108 Å². The molecular weight excluding hydrogens is 326 g/mol. The average Bonchev–Trinajstić information content (AvgIpc) is 3.23. The number of nitrogens with one attached hydrogen (secondary N) is 2. The van der Waals surface area contributed by atoms with Crippen molar-refractivity contribution in [1.29, 1.82) is 0 Å². The highest BCUT2D eigenvalue weighted by atomic mass is 16.5. The third-order valence-corrected chi connectivity index (χ3v) is 4.55. The Morgan fingerprint density at radius 1 is 1.36 bits per heavy atom. The lowest BCUT2D eigenvalue weighted by molar-refractivity contribution is -0.125. The van der Waals surface area contributed by atoms with Crippen molar-refractivity contribution in [2.24, 2.45) is 0 Å². The molecule has 1 unspecified atom stereocenters. The monoisotopic (exact) mass is 349 g/mol. The van der Waals surface area contributed by atoms with E-state index in [1.54, 1.807) is 17.9 Å². The van der Waals surface area contributed by atoms with Gasteiger partial charge in [-0.1, -0.05) is 5.16 Å². The molecule has 9 heteroatoms. The van der Waals surface area contributed by atoms with Crippen LogP contribution in [0.15, 0.2) is 10.6 Å². The summed E-state index contributed by atoms with van der Waals surface area (Å²) in [4.78, 5) is 39.3. The Kier molecular flexibility index (Phi) is 5.32. The largest absolute Gasteiger partial charge is 0.361 e. The fourth-order valence-electron chi connectivity index (χ4n) is 3.07. The molecule has 9 nitrogen and oxygen atoms in total. The summed E-state index contributed by atoms with van der Waals surface area (Å²) < 4.78 is 4.95. The molecule has 1 aromatic heterocycles. The molecule has 2 aliphatic heterocycles. The maximum absolute atomic E-state index is 12.3. The molecule has 3 heterocycles. The van der Waals surface area contributed by atoms with Crippen LogP contribution in [0.5, 0.6) is 0 Å². The number of amides is 3. The molecule has 2 saturated heterocycles. The number of aryl methyl sites for hydroxylation is 1. The van der Waals surface area contributed by atoms with Crippen LogP contribution < -0.4 is 10.6 Å². The highest BCUT2D eigenvalue weighted by Crippen LogP contribution is 2.09. The van der Waals surface area contributed by atoms with Gasteiger partial charge in [-0.3, -0.25) is 19.3 Å². The molecule has 0 spiro atoms. The van der Waals surface area contributed by atoms with Gasteiger partial charge in [-0.05, 0) is 13.3 Å². The number of aromatic nitrogens is 1. The van der Waals surface area contributed by atoms with E-state index in [9.17, 15) is 14.4 Å². The van der Waals surface area contributed by atoms with Crippen molar-refractivity contribution < 1.29 is 18.9 Å². The van der Waals surface area contributed by atoms with Crippen LogP contribution in [0.2, 0.25) is 0 Å². The smallest absolute Gasteiger partial charge is 0.276 e. The molecule has 25 heavy (non-hydrogen) atoms. The predicted octanol–water partition coefficient (Wildman–Crippen LogP) is -0.864. The molecule has 2 aliphatic rings. The van der Waals surface area contributed by atoms with Crippen molar-refractivity contribution in [3.8, 4) is 0 Å². The van der Waals surface area contributed by atoms with Crippen LogP contribution in [0.4, 0.5) is 0 Å². The van der Waals surface area contributed by atoms with Crippen LogP contribution in [0.3, 0.4) is 0 Å². The number of piperazine rings is 1. The maximum Gasteiger partial charge on any atom is 0.276 e. The van der Waals surface area contributed by atoms with Gasteiger partial charge in [-0.25, -0.2) is 0 Å². The molecule has 0 aliphatic carbocycles. The van der Waals surface area contributed by atoms with Crippen molar-refractivity contribution in [3.05, 3.63) is 17.5 Å². The summed E-state index contributed by atoms with van der Waals surface area (Å²) in [6.45, 7) is 5.75. The summed E-state index contributed by atoms with van der Waals surface area (Å²) in [5.74, 6) is 0.322. The predicted molar refractivity (Wildman–Crippen MR) is 87.8 cm³/mol. The summed E-state index contributed by atoms with van der Waals surface area (Å²) in [6, 6.07) is 1.25. The zero-order valence-electron chi connectivity index (χ0n) is 14.3. The van der Waals surface area contributed by atoms with Crippen LogP contribution in [0, 0.1) is 6.92 Å². The Morgan fingerprint density at radius 2 is 2.12 bits per heavy atom. The van der Waals surface area contributed by atoms with Gasteiger partial charge < -0.3 is 20.1 Å². The fourth-order valence-corrected chi connectivity index (χ4v) is 3.07. The Labute approximate surface area is 145 Å². The van der Waals surface area contributed by atoms with E-state index in [1.165, 1.54) is 0 Å². The van der Waals surface area contributed by atoms with Crippen molar-refractivity contribution >= 4 is 17.7 Å². The van der Waals surface area contributed by atoms with Crippen LogP contribution >= 0.6 is 0 Å². The number of carbonyl (C=O) groups is 3. The number of carbonyl (C=O) groups excluding carboxylic acids is 3. The molecule has 3 rings (SSSR count). The number of hydrogen-bond acceptors (Lipinski definition) is 6. The lowest BCUT2D eigenvalue weighted by Gasteiger charge is -2.34. The molecule has 0 bridgehead atoms. The third-order valence-electron chi connectivity index (χ3n) is 4.55. The quantitative estimate of drug-likeness (QED) is 0.716. The van der Waals surface area contributed by atoms with Crippen LogP contribution in [0.25, 0.3) is 0 Å². The average molecular weight is 349 g/mol. The molecule has 1 aromatic rings. The Morgan fingerprint density at radius 3 is 2.72 bits per heavy atom. The van der Waals surface area contributed by atoms with E-state index in [0.717, 1.165) is 19.6 Å². The molecule has 136 valence electrons. The molecule has 0 radical (unpaired) electrons. The molecule has 1 atom stereocenters. The molecule has 3 amide bonds. The van der Waals surface area contributed by atoms with E-state index in [0.29, 0.717) is 43.9 Å². The Balaban J connectivity index is 1.36. The molecule has 2 fully saturated rings. The van der Waals surface area contributed by atoms with E-state index in [4.69, 9.17) is 4.52 Å². The van der Waals surface area contributed by atoms with Crippen LogP contribution in [0.1, 0.15) is 29.1 Å². The minimum Gasteiger partial charge on any atom is -0.361 e.